The van der Waals surface area contributed by atoms with E-state index in [1.807, 2.05) is 48.5 Å². The molecular weight excluding hydrogens is 372 g/mol. The number of benzene rings is 2. The molecule has 1 saturated heterocycles. The van der Waals surface area contributed by atoms with E-state index in [1.54, 1.807) is 19.2 Å². The molecule has 1 N–H and O–H groups in total. The van der Waals surface area contributed by atoms with Crippen LogP contribution in [0.3, 0.4) is 0 Å². The normalized spacial score (nSPS) is 17.3. The van der Waals surface area contributed by atoms with Gasteiger partial charge in [0, 0.05) is 25.2 Å². The van der Waals surface area contributed by atoms with Gasteiger partial charge in [0.05, 0.1) is 0 Å². The molecule has 0 spiro atoms. The summed E-state index contributed by atoms with van der Waals surface area (Å²) >= 11 is 0. The van der Waals surface area contributed by atoms with Gasteiger partial charge in [0.15, 0.2) is 0 Å². The molecule has 0 radical (unpaired) electrons. The third kappa shape index (κ3) is 5.01. The van der Waals surface area contributed by atoms with Crippen LogP contribution in [0.25, 0.3) is 0 Å². The Hall–Kier alpha value is -3.61. The first-order valence-electron chi connectivity index (χ1n) is 9.21. The topological polar surface area (TPSA) is 84.9 Å². The van der Waals surface area contributed by atoms with Gasteiger partial charge in [0.2, 0.25) is 0 Å². The number of carbonyl (C=O) groups is 3. The molecule has 2 amide bonds. The minimum absolute atomic E-state index is 0.000309. The monoisotopic (exact) mass is 394 g/mol. The van der Waals surface area contributed by atoms with Crippen molar-refractivity contribution >= 4 is 18.0 Å². The van der Waals surface area contributed by atoms with E-state index in [2.05, 4.69) is 5.32 Å². The molecule has 7 heteroatoms. The lowest BCUT2D eigenvalue weighted by molar-refractivity contribution is -0.152. The van der Waals surface area contributed by atoms with E-state index in [0.29, 0.717) is 5.57 Å². The van der Waals surface area contributed by atoms with Crippen LogP contribution in [0.5, 0.6) is 0 Å². The number of hydrogen-bond donors (Lipinski definition) is 1. The summed E-state index contributed by atoms with van der Waals surface area (Å²) in [5, 5.41) is 2.76. The maximum atomic E-state index is 12.6. The number of rotatable bonds is 6. The van der Waals surface area contributed by atoms with Crippen LogP contribution in [-0.2, 0) is 32.3 Å². The van der Waals surface area contributed by atoms with Crippen LogP contribution in [0, 0.1) is 0 Å². The molecule has 3 rings (SSSR count). The van der Waals surface area contributed by atoms with E-state index >= 15 is 0 Å². The Morgan fingerprint density at radius 2 is 1.55 bits per heavy atom. The second-order valence-corrected chi connectivity index (χ2v) is 6.49. The van der Waals surface area contributed by atoms with Crippen LogP contribution in [0.2, 0.25) is 0 Å². The Bertz CT molecular complexity index is 896. The van der Waals surface area contributed by atoms with Gasteiger partial charge in [0.1, 0.15) is 19.3 Å². The zero-order valence-corrected chi connectivity index (χ0v) is 16.0. The number of imide groups is 1. The largest absolute Gasteiger partial charge is 0.459 e. The van der Waals surface area contributed by atoms with Crippen molar-refractivity contribution in [3.8, 4) is 0 Å². The fourth-order valence-electron chi connectivity index (χ4n) is 2.99. The van der Waals surface area contributed by atoms with Gasteiger partial charge in [-0.2, -0.15) is 0 Å². The number of ether oxygens (including phenoxy) is 2. The molecule has 29 heavy (non-hydrogen) atoms. The Balaban J connectivity index is 1.70. The third-order valence-corrected chi connectivity index (χ3v) is 4.43. The Kier molecular flexibility index (Phi) is 6.63. The summed E-state index contributed by atoms with van der Waals surface area (Å²) in [6.07, 6.45) is 0.665. The van der Waals surface area contributed by atoms with Crippen LogP contribution < -0.4 is 5.32 Å². The fraction of sp³-hybridized carbons (Fsp3) is 0.227. The van der Waals surface area contributed by atoms with Gasteiger partial charge in [-0.05, 0) is 11.1 Å². The van der Waals surface area contributed by atoms with Crippen molar-refractivity contribution in [3.05, 3.63) is 83.6 Å². The van der Waals surface area contributed by atoms with Gasteiger partial charge in [-0.3, -0.25) is 4.79 Å². The standard InChI is InChI=1S/C22H22N2O5/c1-23-13-18-12-19(21(26)28-14-16-8-4-2-5-9-16)24(20(18)25)22(27)29-15-17-10-6-3-7-11-17/h2-11,13,19,23H,12,14-15H2,1H3/b18-13-. The molecule has 2 aromatic rings. The predicted molar refractivity (Wildman–Crippen MR) is 105 cm³/mol. The quantitative estimate of drug-likeness (QED) is 0.599. The summed E-state index contributed by atoms with van der Waals surface area (Å²) < 4.78 is 10.6. The van der Waals surface area contributed by atoms with E-state index in [4.69, 9.17) is 9.47 Å². The summed E-state index contributed by atoms with van der Waals surface area (Å²) in [5.41, 5.74) is 1.90. The molecule has 1 fully saturated rings. The fourth-order valence-corrected chi connectivity index (χ4v) is 2.99. The van der Waals surface area contributed by atoms with Crippen LogP contribution in [0.4, 0.5) is 4.79 Å². The number of esters is 1. The van der Waals surface area contributed by atoms with Gasteiger partial charge in [-0.1, -0.05) is 60.7 Å². The summed E-state index contributed by atoms with van der Waals surface area (Å²) in [6, 6.07) is 17.2. The zero-order chi connectivity index (χ0) is 20.6. The van der Waals surface area contributed by atoms with E-state index in [1.165, 1.54) is 6.20 Å². The van der Waals surface area contributed by atoms with Crippen molar-refractivity contribution in [2.45, 2.75) is 25.7 Å². The van der Waals surface area contributed by atoms with Crippen molar-refractivity contribution in [2.75, 3.05) is 7.05 Å². The average molecular weight is 394 g/mol. The average Bonchev–Trinajstić information content (AvgIpc) is 3.08. The van der Waals surface area contributed by atoms with Crippen molar-refractivity contribution in [2.24, 2.45) is 0 Å². The molecule has 1 unspecified atom stereocenters. The van der Waals surface area contributed by atoms with Crippen LogP contribution in [0.1, 0.15) is 17.5 Å². The SMILES string of the molecule is CN/C=C1/CC(C(=O)OCc2ccccc2)N(C(=O)OCc2ccccc2)C1=O. The molecule has 150 valence electrons. The van der Waals surface area contributed by atoms with E-state index in [0.717, 1.165) is 16.0 Å². The number of nitrogens with zero attached hydrogens (tertiary/aromatic N) is 1. The van der Waals surface area contributed by atoms with E-state index < -0.39 is 24.0 Å². The Morgan fingerprint density at radius 3 is 2.10 bits per heavy atom. The number of hydrogen-bond acceptors (Lipinski definition) is 6. The van der Waals surface area contributed by atoms with Gasteiger partial charge in [-0.15, -0.1) is 0 Å². The number of likely N-dealkylation sites (tertiary alicyclic amines) is 1. The van der Waals surface area contributed by atoms with Gasteiger partial charge < -0.3 is 14.8 Å². The summed E-state index contributed by atoms with van der Waals surface area (Å²) in [6.45, 7) is 0.0582. The summed E-state index contributed by atoms with van der Waals surface area (Å²) in [7, 11) is 1.64. The molecular formula is C22H22N2O5. The third-order valence-electron chi connectivity index (χ3n) is 4.43. The lowest BCUT2D eigenvalue weighted by Crippen LogP contribution is -2.44. The minimum Gasteiger partial charge on any atom is -0.459 e. The lowest BCUT2D eigenvalue weighted by Gasteiger charge is -2.20. The zero-order valence-electron chi connectivity index (χ0n) is 16.0. The number of carbonyl (C=O) groups excluding carboxylic acids is 3. The first-order valence-corrected chi connectivity index (χ1v) is 9.21. The summed E-state index contributed by atoms with van der Waals surface area (Å²) in [5.74, 6) is -1.22. The maximum Gasteiger partial charge on any atom is 0.417 e. The van der Waals surface area contributed by atoms with Crippen LogP contribution >= 0.6 is 0 Å². The molecule has 1 aliphatic rings. The molecule has 0 aromatic heterocycles. The summed E-state index contributed by atoms with van der Waals surface area (Å²) in [4.78, 5) is 38.7. The van der Waals surface area contributed by atoms with E-state index in [9.17, 15) is 14.4 Å². The van der Waals surface area contributed by atoms with Crippen LogP contribution in [-0.4, -0.2) is 36.0 Å². The number of amides is 2. The van der Waals surface area contributed by atoms with Crippen molar-refractivity contribution < 1.29 is 23.9 Å². The molecule has 2 aromatic carbocycles. The molecule has 0 aliphatic carbocycles. The lowest BCUT2D eigenvalue weighted by atomic mass is 10.1. The Labute approximate surface area is 168 Å². The maximum absolute atomic E-state index is 12.6. The minimum atomic E-state index is -1.06. The smallest absolute Gasteiger partial charge is 0.417 e. The van der Waals surface area contributed by atoms with E-state index in [-0.39, 0.29) is 19.6 Å². The second-order valence-electron chi connectivity index (χ2n) is 6.49. The molecule has 0 saturated carbocycles. The van der Waals surface area contributed by atoms with Gasteiger partial charge >= 0.3 is 12.1 Å². The highest BCUT2D eigenvalue weighted by Gasteiger charge is 2.45. The molecule has 1 atom stereocenters. The van der Waals surface area contributed by atoms with Crippen molar-refractivity contribution in [1.29, 1.82) is 0 Å². The molecule has 7 nitrogen and oxygen atoms in total. The predicted octanol–water partition coefficient (Wildman–Crippen LogP) is 2.77. The van der Waals surface area contributed by atoms with Crippen molar-refractivity contribution in [1.82, 2.24) is 10.2 Å². The van der Waals surface area contributed by atoms with Gasteiger partial charge in [-0.25, -0.2) is 14.5 Å². The van der Waals surface area contributed by atoms with Crippen molar-refractivity contribution in [3.63, 3.8) is 0 Å². The highest BCUT2D eigenvalue weighted by Crippen LogP contribution is 2.26. The molecule has 1 heterocycles. The highest BCUT2D eigenvalue weighted by atomic mass is 16.6. The first-order chi connectivity index (χ1) is 14.1. The number of nitrogens with one attached hydrogen (secondary N) is 1. The highest BCUT2D eigenvalue weighted by molar-refractivity contribution is 6.08. The first kappa shape index (κ1) is 20.1. The molecule has 0 bridgehead atoms. The van der Waals surface area contributed by atoms with Gasteiger partial charge in [0.25, 0.3) is 5.91 Å². The van der Waals surface area contributed by atoms with Crippen LogP contribution in [0.15, 0.2) is 72.4 Å². The Morgan fingerprint density at radius 1 is 1.00 bits per heavy atom. The molecule has 1 aliphatic heterocycles. The second kappa shape index (κ2) is 9.54.